The molecule has 1 atom stereocenters. The Labute approximate surface area is 346 Å². The first-order chi connectivity index (χ1) is 27.5. The number of hydrogen-bond acceptors (Lipinski definition) is 8. The Bertz CT molecular complexity index is 2280. The van der Waals surface area contributed by atoms with E-state index in [2.05, 4.69) is 107 Å². The van der Waals surface area contributed by atoms with Crippen LogP contribution in [0.5, 0.6) is 0 Å². The number of nitrogens with zero attached hydrogens (tertiary/aromatic N) is 3. The summed E-state index contributed by atoms with van der Waals surface area (Å²) in [7, 11) is 0. The second kappa shape index (κ2) is 17.8. The first-order valence-corrected chi connectivity index (χ1v) is 21.3. The van der Waals surface area contributed by atoms with E-state index in [1.165, 1.54) is 40.8 Å². The predicted octanol–water partition coefficient (Wildman–Crippen LogP) is 11.2. The summed E-state index contributed by atoms with van der Waals surface area (Å²) in [5, 5.41) is 21.0. The minimum absolute atomic E-state index is 0.110. The van der Waals surface area contributed by atoms with E-state index in [0.717, 1.165) is 107 Å². The minimum atomic E-state index is -0.293. The minimum Gasteiger partial charge on any atom is -0.377 e. The summed E-state index contributed by atoms with van der Waals surface area (Å²) in [5.74, 6) is 0. The van der Waals surface area contributed by atoms with Gasteiger partial charge >= 0.3 is 0 Å². The van der Waals surface area contributed by atoms with Crippen LogP contribution in [0.1, 0.15) is 87.6 Å². The fraction of sp³-hybridized carbons (Fsp3) is 0.370. The number of rotatable bonds is 16. The lowest BCUT2D eigenvalue weighted by Crippen LogP contribution is -2.34. The van der Waals surface area contributed by atoms with Crippen molar-refractivity contribution in [2.24, 2.45) is 5.41 Å². The number of halogens is 1. The third kappa shape index (κ3) is 9.86. The molecule has 0 unspecified atom stereocenters. The van der Waals surface area contributed by atoms with Crippen LogP contribution in [0.3, 0.4) is 0 Å². The monoisotopic (exact) mass is 803 g/mol. The highest BCUT2D eigenvalue weighted by Crippen LogP contribution is 2.43. The number of nitro groups is 1. The summed E-state index contributed by atoms with van der Waals surface area (Å²) in [6.07, 6.45) is 10.6. The van der Waals surface area contributed by atoms with E-state index in [4.69, 9.17) is 11.6 Å². The lowest BCUT2D eigenvalue weighted by atomic mass is 9.72. The number of fused-ring (bicyclic) bond motifs is 2. The number of benzene rings is 3. The number of nitro benzene ring substituents is 1. The quantitative estimate of drug-likeness (QED) is 0.0338. The molecule has 5 aromatic rings. The molecule has 9 nitrogen and oxygen atoms in total. The Morgan fingerprint density at radius 1 is 1.11 bits per heavy atom. The topological polar surface area (TPSA) is 111 Å². The molecule has 0 bridgehead atoms. The molecule has 0 amide bonds. The van der Waals surface area contributed by atoms with E-state index in [9.17, 15) is 10.1 Å². The average molecular weight is 805 g/mol. The first kappa shape index (κ1) is 40.4. The lowest BCUT2D eigenvalue weighted by Gasteiger charge is -2.34. The van der Waals surface area contributed by atoms with Gasteiger partial charge in [0.25, 0.3) is 5.69 Å². The predicted molar refractivity (Wildman–Crippen MR) is 239 cm³/mol. The number of pyridine rings is 1. The first-order valence-electron chi connectivity index (χ1n) is 20.1. The summed E-state index contributed by atoms with van der Waals surface area (Å²) < 4.78 is 3.44. The number of aryl methyl sites for hydroxylation is 1. The maximum absolute atomic E-state index is 12.1. The molecule has 1 aliphatic carbocycles. The van der Waals surface area contributed by atoms with E-state index >= 15 is 0 Å². The number of H-pyrrole nitrogens is 1. The Morgan fingerprint density at radius 2 is 1.93 bits per heavy atom. The molecule has 1 aliphatic heterocycles. The van der Waals surface area contributed by atoms with Crippen LogP contribution in [0.4, 0.5) is 17.1 Å². The Hall–Kier alpha value is -4.77. The summed E-state index contributed by atoms with van der Waals surface area (Å²) in [4.78, 5) is 22.9. The van der Waals surface area contributed by atoms with Crippen LogP contribution < -0.4 is 20.3 Å². The van der Waals surface area contributed by atoms with Crippen LogP contribution in [0.25, 0.3) is 22.3 Å². The molecule has 3 aromatic carbocycles. The van der Waals surface area contributed by atoms with Crippen molar-refractivity contribution in [2.45, 2.75) is 83.6 Å². The van der Waals surface area contributed by atoms with Crippen molar-refractivity contribution < 1.29 is 4.92 Å². The van der Waals surface area contributed by atoms with E-state index in [-0.39, 0.29) is 22.1 Å². The van der Waals surface area contributed by atoms with Gasteiger partial charge in [-0.25, -0.2) is 4.98 Å². The van der Waals surface area contributed by atoms with Gasteiger partial charge in [0.05, 0.1) is 4.92 Å². The highest BCUT2D eigenvalue weighted by molar-refractivity contribution is 7.97. The average Bonchev–Trinajstić information content (AvgIpc) is 3.66. The Kier molecular flexibility index (Phi) is 12.6. The highest BCUT2D eigenvalue weighted by atomic mass is 35.5. The fourth-order valence-electron chi connectivity index (χ4n) is 8.19. The lowest BCUT2D eigenvalue weighted by molar-refractivity contribution is -0.384. The van der Waals surface area contributed by atoms with E-state index in [1.54, 1.807) is 6.07 Å². The SMILES string of the molecule is C=C(NSc1cc2c(c([N+](=O)[O-])c1)N[C@@H](C)CC2)c1ccc(N(CCC)CCNCC2=C(c3ccc(Cl)cc3)CC(C)(C)CC2)cc1Cc1cnc2[nH]ccc2c1. The van der Waals surface area contributed by atoms with Crippen LogP contribution in [0.15, 0.2) is 96.2 Å². The van der Waals surface area contributed by atoms with Gasteiger partial charge in [-0.1, -0.05) is 62.7 Å². The Balaban J connectivity index is 1.10. The van der Waals surface area contributed by atoms with Crippen LogP contribution >= 0.6 is 23.5 Å². The molecule has 7 rings (SSSR count). The van der Waals surface area contributed by atoms with Crippen LogP contribution in [-0.2, 0) is 12.8 Å². The second-order valence-corrected chi connectivity index (χ2v) is 17.7. The van der Waals surface area contributed by atoms with Gasteiger partial charge in [0.15, 0.2) is 0 Å². The molecular formula is C46H54ClN7O2S. The smallest absolute Gasteiger partial charge is 0.293 e. The molecule has 0 saturated carbocycles. The van der Waals surface area contributed by atoms with Crippen molar-refractivity contribution in [3.63, 3.8) is 0 Å². The zero-order chi connectivity index (χ0) is 40.1. The molecule has 3 heterocycles. The van der Waals surface area contributed by atoms with Crippen LogP contribution in [0, 0.1) is 15.5 Å². The zero-order valence-corrected chi connectivity index (χ0v) is 35.1. The third-order valence-corrected chi connectivity index (χ3v) is 12.4. The van der Waals surface area contributed by atoms with Crippen molar-refractivity contribution in [3.05, 3.63) is 134 Å². The van der Waals surface area contributed by atoms with E-state index in [1.807, 2.05) is 30.6 Å². The maximum atomic E-state index is 12.1. The number of aromatic nitrogens is 2. The van der Waals surface area contributed by atoms with Crippen molar-refractivity contribution >= 4 is 62.9 Å². The molecule has 57 heavy (non-hydrogen) atoms. The maximum Gasteiger partial charge on any atom is 0.293 e. The molecule has 298 valence electrons. The molecule has 0 fully saturated rings. The Morgan fingerprint density at radius 3 is 2.72 bits per heavy atom. The number of allylic oxidation sites excluding steroid dienone is 1. The normalized spacial score (nSPS) is 16.3. The summed E-state index contributed by atoms with van der Waals surface area (Å²) >= 11 is 7.61. The van der Waals surface area contributed by atoms with E-state index in [0.29, 0.717) is 12.1 Å². The summed E-state index contributed by atoms with van der Waals surface area (Å²) in [6, 6.07) is 23.1. The molecule has 2 aromatic heterocycles. The van der Waals surface area contributed by atoms with Gasteiger partial charge in [-0.05, 0) is 140 Å². The van der Waals surface area contributed by atoms with Gasteiger partial charge < -0.3 is 25.2 Å². The largest absolute Gasteiger partial charge is 0.377 e. The fourth-order valence-corrected chi connectivity index (χ4v) is 9.04. The molecule has 0 radical (unpaired) electrons. The number of nitrogens with one attached hydrogen (secondary N) is 4. The van der Waals surface area contributed by atoms with Gasteiger partial charge in [0.2, 0.25) is 0 Å². The summed E-state index contributed by atoms with van der Waals surface area (Å²) in [5.41, 5.74) is 12.3. The van der Waals surface area contributed by atoms with Crippen LogP contribution in [0.2, 0.25) is 5.02 Å². The van der Waals surface area contributed by atoms with Gasteiger partial charge in [0.1, 0.15) is 11.3 Å². The number of aromatic amines is 1. The van der Waals surface area contributed by atoms with Crippen molar-refractivity contribution in [1.82, 2.24) is 20.0 Å². The van der Waals surface area contributed by atoms with Crippen molar-refractivity contribution in [3.8, 4) is 0 Å². The molecule has 0 spiro atoms. The molecule has 2 aliphatic rings. The zero-order valence-electron chi connectivity index (χ0n) is 33.5. The molecular weight excluding hydrogens is 750 g/mol. The molecule has 11 heteroatoms. The standard InChI is InChI=1S/C46H54ClN7O2S/c1-6-20-53(21-19-48-29-36-15-17-46(4,5)27-42(36)33-9-11-38(47)12-10-33)39-13-14-41(37(24-39)23-32-22-35-16-18-49-45(35)50-28-32)31(3)52-57-40-25-34-8-7-30(2)51-44(34)43(26-40)54(55)56/h9-14,16,18,22,24-26,28,30,48,51-52H,3,6-8,15,17,19-21,23,27,29H2,1-2,4-5H3,(H,49,50)/t30-/m0/s1. The molecule has 4 N–H and O–H groups in total. The highest BCUT2D eigenvalue weighted by Gasteiger charge is 2.28. The van der Waals surface area contributed by atoms with Gasteiger partial charge in [-0.15, -0.1) is 0 Å². The molecule has 0 saturated heterocycles. The van der Waals surface area contributed by atoms with Crippen LogP contribution in [-0.4, -0.2) is 47.1 Å². The van der Waals surface area contributed by atoms with Gasteiger partial charge in [-0.3, -0.25) is 10.1 Å². The second-order valence-electron chi connectivity index (χ2n) is 16.4. The van der Waals surface area contributed by atoms with Crippen molar-refractivity contribution in [1.29, 1.82) is 0 Å². The number of hydrogen-bond donors (Lipinski definition) is 4. The van der Waals surface area contributed by atoms with E-state index < -0.39 is 0 Å². The third-order valence-electron chi connectivity index (χ3n) is 11.3. The number of anilines is 2. The summed E-state index contributed by atoms with van der Waals surface area (Å²) in [6.45, 7) is 17.0. The van der Waals surface area contributed by atoms with Gasteiger partial charge in [0, 0.05) is 82.9 Å². The van der Waals surface area contributed by atoms with Crippen molar-refractivity contribution in [2.75, 3.05) is 36.4 Å². The van der Waals surface area contributed by atoms with Gasteiger partial charge in [-0.2, -0.15) is 0 Å².